The molecule has 27 heavy (non-hydrogen) atoms. The first-order chi connectivity index (χ1) is 13.3. The van der Waals surface area contributed by atoms with Crippen molar-refractivity contribution in [3.63, 3.8) is 0 Å². The van der Waals surface area contributed by atoms with E-state index in [9.17, 15) is 4.79 Å². The van der Waals surface area contributed by atoms with E-state index in [4.69, 9.17) is 9.26 Å². The van der Waals surface area contributed by atoms with Gasteiger partial charge in [0.05, 0.1) is 31.6 Å². The maximum Gasteiger partial charge on any atom is 0.277 e. The smallest absolute Gasteiger partial charge is 0.277 e. The molecule has 1 N–H and O–H groups in total. The van der Waals surface area contributed by atoms with Crippen molar-refractivity contribution in [1.82, 2.24) is 19.8 Å². The summed E-state index contributed by atoms with van der Waals surface area (Å²) in [6.07, 6.45) is 3.45. The molecule has 0 atom stereocenters. The van der Waals surface area contributed by atoms with Gasteiger partial charge in [0.1, 0.15) is 0 Å². The molecule has 0 bridgehead atoms. The molecule has 2 aromatic heterocycles. The van der Waals surface area contributed by atoms with Crippen LogP contribution in [-0.4, -0.2) is 58.6 Å². The largest absolute Gasteiger partial charge is 0.379 e. The topological polar surface area (TPSA) is 85.4 Å². The number of nitrogens with zero attached hydrogens (tertiary/aromatic N) is 4. The zero-order chi connectivity index (χ0) is 18.5. The molecular formula is C19H21N5O3. The number of amides is 1. The first kappa shape index (κ1) is 17.4. The summed E-state index contributed by atoms with van der Waals surface area (Å²) in [6, 6.07) is 11.2. The van der Waals surface area contributed by atoms with Crippen molar-refractivity contribution >= 4 is 11.6 Å². The Bertz CT molecular complexity index is 884. The second-order valence-electron chi connectivity index (χ2n) is 6.34. The summed E-state index contributed by atoms with van der Waals surface area (Å²) in [4.78, 5) is 14.7. The Morgan fingerprint density at radius 1 is 1.15 bits per heavy atom. The van der Waals surface area contributed by atoms with Crippen LogP contribution in [0.2, 0.25) is 0 Å². The van der Waals surface area contributed by atoms with Gasteiger partial charge in [-0.05, 0) is 0 Å². The Morgan fingerprint density at radius 3 is 2.78 bits per heavy atom. The lowest BCUT2D eigenvalue weighted by atomic mass is 10.1. The summed E-state index contributed by atoms with van der Waals surface area (Å²) in [7, 11) is 0. The first-order valence-corrected chi connectivity index (χ1v) is 8.94. The molecule has 0 unspecified atom stereocenters. The van der Waals surface area contributed by atoms with Gasteiger partial charge in [-0.2, -0.15) is 5.10 Å². The van der Waals surface area contributed by atoms with E-state index in [1.165, 1.54) is 0 Å². The maximum atomic E-state index is 12.4. The van der Waals surface area contributed by atoms with E-state index < -0.39 is 0 Å². The maximum absolute atomic E-state index is 12.4. The van der Waals surface area contributed by atoms with E-state index in [0.29, 0.717) is 11.4 Å². The van der Waals surface area contributed by atoms with Gasteiger partial charge in [-0.25, -0.2) is 0 Å². The summed E-state index contributed by atoms with van der Waals surface area (Å²) >= 11 is 0. The molecule has 1 amide bonds. The second kappa shape index (κ2) is 8.15. The lowest BCUT2D eigenvalue weighted by Crippen LogP contribution is -2.38. The van der Waals surface area contributed by atoms with E-state index in [0.717, 1.165) is 45.0 Å². The quantitative estimate of drug-likeness (QED) is 0.718. The number of anilines is 1. The molecule has 1 aliphatic heterocycles. The van der Waals surface area contributed by atoms with Gasteiger partial charge < -0.3 is 14.6 Å². The summed E-state index contributed by atoms with van der Waals surface area (Å²) in [6.45, 7) is 5.12. The number of rotatable bonds is 6. The van der Waals surface area contributed by atoms with Crippen LogP contribution < -0.4 is 5.32 Å². The summed E-state index contributed by atoms with van der Waals surface area (Å²) in [5.74, 6) is 0.232. The number of aromatic nitrogens is 3. The molecular weight excluding hydrogens is 346 g/mol. The monoisotopic (exact) mass is 367 g/mol. The van der Waals surface area contributed by atoms with Crippen molar-refractivity contribution in [2.75, 3.05) is 38.2 Å². The zero-order valence-corrected chi connectivity index (χ0v) is 14.9. The number of benzene rings is 1. The molecule has 3 aromatic rings. The fourth-order valence-corrected chi connectivity index (χ4v) is 2.93. The first-order valence-electron chi connectivity index (χ1n) is 8.94. The van der Waals surface area contributed by atoms with Crippen LogP contribution in [0.25, 0.3) is 11.3 Å². The van der Waals surface area contributed by atoms with Gasteiger partial charge in [-0.1, -0.05) is 35.5 Å². The molecule has 1 aromatic carbocycles. The van der Waals surface area contributed by atoms with Crippen molar-refractivity contribution in [3.8, 4) is 11.3 Å². The van der Waals surface area contributed by atoms with Crippen LogP contribution >= 0.6 is 0 Å². The highest BCUT2D eigenvalue weighted by molar-refractivity contribution is 6.03. The van der Waals surface area contributed by atoms with Crippen molar-refractivity contribution < 1.29 is 14.1 Å². The lowest BCUT2D eigenvalue weighted by Gasteiger charge is -2.26. The fourth-order valence-electron chi connectivity index (χ4n) is 2.93. The summed E-state index contributed by atoms with van der Waals surface area (Å²) in [5.41, 5.74) is 1.74. The van der Waals surface area contributed by atoms with Gasteiger partial charge in [0.2, 0.25) is 0 Å². The molecule has 4 rings (SSSR count). The van der Waals surface area contributed by atoms with E-state index in [2.05, 4.69) is 20.5 Å². The average molecular weight is 367 g/mol. The van der Waals surface area contributed by atoms with E-state index in [-0.39, 0.29) is 11.6 Å². The number of morpholine rings is 1. The van der Waals surface area contributed by atoms with Gasteiger partial charge in [-0.3, -0.25) is 14.4 Å². The van der Waals surface area contributed by atoms with Gasteiger partial charge in [0, 0.05) is 37.5 Å². The molecule has 1 fully saturated rings. The summed E-state index contributed by atoms with van der Waals surface area (Å²) in [5, 5.41) is 11.0. The minimum atomic E-state index is -0.325. The Balaban J connectivity index is 1.33. The third-order valence-corrected chi connectivity index (χ3v) is 4.44. The van der Waals surface area contributed by atoms with Crippen LogP contribution in [0.15, 0.2) is 53.3 Å². The Morgan fingerprint density at radius 2 is 1.96 bits per heavy atom. The fraction of sp³-hybridized carbons (Fsp3) is 0.316. The molecule has 1 aliphatic rings. The Kier molecular flexibility index (Phi) is 5.27. The Labute approximate surface area is 156 Å². The van der Waals surface area contributed by atoms with Crippen molar-refractivity contribution in [3.05, 3.63) is 54.5 Å². The molecule has 0 spiro atoms. The SMILES string of the molecule is O=C(Nc1cnn(CCN2CCOCC2)c1)c1cc(-c2ccccc2)on1. The summed E-state index contributed by atoms with van der Waals surface area (Å²) < 4.78 is 12.4. The number of hydrogen-bond donors (Lipinski definition) is 1. The number of carbonyl (C=O) groups excluding carboxylic acids is 1. The average Bonchev–Trinajstić information content (AvgIpc) is 3.38. The number of hydrogen-bond acceptors (Lipinski definition) is 6. The van der Waals surface area contributed by atoms with Gasteiger partial charge >= 0.3 is 0 Å². The van der Waals surface area contributed by atoms with E-state index >= 15 is 0 Å². The lowest BCUT2D eigenvalue weighted by molar-refractivity contribution is 0.0360. The van der Waals surface area contributed by atoms with E-state index in [1.54, 1.807) is 12.3 Å². The normalized spacial score (nSPS) is 15.0. The molecule has 140 valence electrons. The molecule has 0 radical (unpaired) electrons. The van der Waals surface area contributed by atoms with Gasteiger partial charge in [0.25, 0.3) is 5.91 Å². The van der Waals surface area contributed by atoms with Crippen LogP contribution in [0, 0.1) is 0 Å². The third-order valence-electron chi connectivity index (χ3n) is 4.44. The highest BCUT2D eigenvalue weighted by Gasteiger charge is 2.15. The highest BCUT2D eigenvalue weighted by atomic mass is 16.5. The predicted molar refractivity (Wildman–Crippen MR) is 99.4 cm³/mol. The second-order valence-corrected chi connectivity index (χ2v) is 6.34. The van der Waals surface area contributed by atoms with Gasteiger partial charge in [0.15, 0.2) is 11.5 Å². The van der Waals surface area contributed by atoms with Crippen LogP contribution in [0.5, 0.6) is 0 Å². The minimum absolute atomic E-state index is 0.231. The van der Waals surface area contributed by atoms with Crippen LogP contribution in [0.3, 0.4) is 0 Å². The molecule has 3 heterocycles. The zero-order valence-electron chi connectivity index (χ0n) is 14.9. The van der Waals surface area contributed by atoms with Crippen LogP contribution in [0.4, 0.5) is 5.69 Å². The molecule has 1 saturated heterocycles. The molecule has 8 heteroatoms. The van der Waals surface area contributed by atoms with Crippen molar-refractivity contribution in [2.24, 2.45) is 0 Å². The van der Waals surface area contributed by atoms with Crippen LogP contribution in [0.1, 0.15) is 10.5 Å². The number of carbonyl (C=O) groups is 1. The highest BCUT2D eigenvalue weighted by Crippen LogP contribution is 2.20. The number of ether oxygens (including phenoxy) is 1. The van der Waals surface area contributed by atoms with Crippen LogP contribution in [-0.2, 0) is 11.3 Å². The third kappa shape index (κ3) is 4.42. The van der Waals surface area contributed by atoms with E-state index in [1.807, 2.05) is 41.2 Å². The predicted octanol–water partition coefficient (Wildman–Crippen LogP) is 2.12. The Hall–Kier alpha value is -2.97. The molecule has 8 nitrogen and oxygen atoms in total. The van der Waals surface area contributed by atoms with Crippen molar-refractivity contribution in [1.29, 1.82) is 0 Å². The molecule has 0 aliphatic carbocycles. The standard InChI is InChI=1S/C19H21N5O3/c25-19(17-12-18(27-22-17)15-4-2-1-3-5-15)21-16-13-20-24(14-16)7-6-23-8-10-26-11-9-23/h1-5,12-14H,6-11H2,(H,21,25). The van der Waals surface area contributed by atoms with Gasteiger partial charge in [-0.15, -0.1) is 0 Å². The minimum Gasteiger partial charge on any atom is -0.379 e. The molecule has 0 saturated carbocycles. The van der Waals surface area contributed by atoms with Crippen molar-refractivity contribution in [2.45, 2.75) is 6.54 Å². The number of nitrogens with one attached hydrogen (secondary N) is 1.